The Labute approximate surface area is 112 Å². The van der Waals surface area contributed by atoms with E-state index in [1.54, 1.807) is 13.8 Å². The van der Waals surface area contributed by atoms with Gasteiger partial charge in [-0.3, -0.25) is 0 Å². The number of sulfonamides is 1. The Balaban J connectivity index is 2.30. The molecule has 96 valence electrons. The number of aryl methyl sites for hydroxylation is 2. The molecule has 2 rings (SSSR count). The van der Waals surface area contributed by atoms with Gasteiger partial charge in [0.1, 0.15) is 0 Å². The predicted molar refractivity (Wildman–Crippen MR) is 67.2 cm³/mol. The fraction of sp³-hybridized carbons (Fsp3) is 0.250. The van der Waals surface area contributed by atoms with Crippen molar-refractivity contribution in [3.63, 3.8) is 0 Å². The molecular weight excluding hydrogens is 298 g/mol. The number of aromatic nitrogens is 4. The van der Waals surface area contributed by atoms with Crippen LogP contribution < -0.4 is 4.72 Å². The highest BCUT2D eigenvalue weighted by molar-refractivity contribution is 7.94. The zero-order valence-corrected chi connectivity index (χ0v) is 11.8. The number of anilines is 1. The van der Waals surface area contributed by atoms with Crippen LogP contribution in [0, 0.1) is 13.8 Å². The second-order valence-corrected chi connectivity index (χ2v) is 6.87. The first kappa shape index (κ1) is 13.1. The van der Waals surface area contributed by atoms with Gasteiger partial charge in [-0.05, 0) is 13.8 Å². The Morgan fingerprint density at radius 3 is 2.56 bits per heavy atom. The zero-order chi connectivity index (χ0) is 13.3. The van der Waals surface area contributed by atoms with Gasteiger partial charge in [0.15, 0.2) is 8.68 Å². The maximum atomic E-state index is 11.9. The summed E-state index contributed by atoms with van der Waals surface area (Å²) < 4.78 is 26.2. The summed E-state index contributed by atoms with van der Waals surface area (Å²) in [5.74, 6) is -0.0809. The highest BCUT2D eigenvalue weighted by Crippen LogP contribution is 2.23. The topological polar surface area (TPSA) is 97.7 Å². The van der Waals surface area contributed by atoms with Gasteiger partial charge in [-0.2, -0.15) is 5.10 Å². The molecule has 0 radical (unpaired) electrons. The van der Waals surface area contributed by atoms with E-state index >= 15 is 0 Å². The van der Waals surface area contributed by atoms with E-state index in [4.69, 9.17) is 11.6 Å². The number of nitrogens with one attached hydrogen (secondary N) is 1. The van der Waals surface area contributed by atoms with Gasteiger partial charge in [0.05, 0.1) is 17.6 Å². The van der Waals surface area contributed by atoms with Gasteiger partial charge >= 0.3 is 0 Å². The molecule has 0 saturated heterocycles. The molecule has 10 heteroatoms. The molecule has 18 heavy (non-hydrogen) atoms. The van der Waals surface area contributed by atoms with Gasteiger partial charge in [0.25, 0.3) is 16.0 Å². The molecule has 1 N–H and O–H groups in total. The lowest BCUT2D eigenvalue weighted by Crippen LogP contribution is -2.15. The van der Waals surface area contributed by atoms with Crippen molar-refractivity contribution < 1.29 is 8.42 Å². The van der Waals surface area contributed by atoms with Gasteiger partial charge in [-0.25, -0.2) is 23.1 Å². The van der Waals surface area contributed by atoms with Crippen molar-refractivity contribution >= 4 is 38.9 Å². The van der Waals surface area contributed by atoms with E-state index in [0.29, 0.717) is 11.4 Å². The zero-order valence-electron chi connectivity index (χ0n) is 9.38. The van der Waals surface area contributed by atoms with Crippen molar-refractivity contribution in [2.24, 2.45) is 0 Å². The first-order chi connectivity index (χ1) is 8.38. The Kier molecular flexibility index (Phi) is 3.46. The summed E-state index contributed by atoms with van der Waals surface area (Å²) in [7, 11) is -3.77. The fourth-order valence-corrected chi connectivity index (χ4v) is 3.27. The van der Waals surface area contributed by atoms with Crippen LogP contribution in [0.4, 0.5) is 5.95 Å². The van der Waals surface area contributed by atoms with E-state index in [0.717, 1.165) is 11.3 Å². The predicted octanol–water partition coefficient (Wildman–Crippen LogP) is 1.40. The average Bonchev–Trinajstić information content (AvgIpc) is 2.71. The fourth-order valence-electron chi connectivity index (χ4n) is 1.03. The van der Waals surface area contributed by atoms with Crippen molar-refractivity contribution in [2.75, 3.05) is 4.72 Å². The third-order valence-corrected chi connectivity index (χ3v) is 4.94. The van der Waals surface area contributed by atoms with Crippen LogP contribution in [0.1, 0.15) is 11.4 Å². The second kappa shape index (κ2) is 4.75. The van der Waals surface area contributed by atoms with Gasteiger partial charge in [-0.15, -0.1) is 5.10 Å². The van der Waals surface area contributed by atoms with Gasteiger partial charge in [0, 0.05) is 0 Å². The quantitative estimate of drug-likeness (QED) is 0.920. The third kappa shape index (κ3) is 2.74. The first-order valence-electron chi connectivity index (χ1n) is 4.70. The van der Waals surface area contributed by atoms with E-state index in [1.807, 2.05) is 0 Å². The standard InChI is InChI=1S/C8H8ClN5O2S2/c1-4-5(2)12-13-8(11-4)14-18(15,16)6-3-10-7(9)17-6/h3H,1-2H3,(H,11,13,14). The summed E-state index contributed by atoms with van der Waals surface area (Å²) >= 11 is 6.44. The summed E-state index contributed by atoms with van der Waals surface area (Å²) in [6.45, 7) is 3.45. The second-order valence-electron chi connectivity index (χ2n) is 3.34. The normalized spacial score (nSPS) is 11.5. The van der Waals surface area contributed by atoms with Crippen LogP contribution in [-0.4, -0.2) is 28.6 Å². The van der Waals surface area contributed by atoms with Crippen LogP contribution in [0.2, 0.25) is 4.47 Å². The molecule has 0 amide bonds. The van der Waals surface area contributed by atoms with Crippen molar-refractivity contribution in [3.8, 4) is 0 Å². The molecule has 0 aliphatic carbocycles. The third-order valence-electron chi connectivity index (χ3n) is 2.04. The minimum absolute atomic E-state index is 0.00525. The monoisotopic (exact) mass is 305 g/mol. The van der Waals surface area contributed by atoms with Crippen molar-refractivity contribution in [1.82, 2.24) is 20.2 Å². The summed E-state index contributed by atoms with van der Waals surface area (Å²) in [5, 5.41) is 7.44. The molecule has 0 fully saturated rings. The highest BCUT2D eigenvalue weighted by Gasteiger charge is 2.19. The van der Waals surface area contributed by atoms with Crippen LogP contribution in [0.15, 0.2) is 10.4 Å². The maximum absolute atomic E-state index is 11.9. The summed E-state index contributed by atoms with van der Waals surface area (Å²) in [4.78, 5) is 7.64. The highest BCUT2D eigenvalue weighted by atomic mass is 35.5. The molecule has 0 aliphatic heterocycles. The largest absolute Gasteiger partial charge is 0.275 e. The van der Waals surface area contributed by atoms with E-state index < -0.39 is 10.0 Å². The van der Waals surface area contributed by atoms with E-state index in [1.165, 1.54) is 6.20 Å². The number of rotatable bonds is 3. The Morgan fingerprint density at radius 1 is 1.28 bits per heavy atom. The first-order valence-corrected chi connectivity index (χ1v) is 7.38. The molecule has 2 heterocycles. The van der Waals surface area contributed by atoms with Crippen LogP contribution in [-0.2, 0) is 10.0 Å². The SMILES string of the molecule is Cc1nnc(NS(=O)(=O)c2cnc(Cl)s2)nc1C. The summed E-state index contributed by atoms with van der Waals surface area (Å²) in [6.07, 6.45) is 1.17. The number of halogens is 1. The Bertz CT molecular complexity index is 685. The van der Waals surface area contributed by atoms with Crippen molar-refractivity contribution in [1.29, 1.82) is 0 Å². The van der Waals surface area contributed by atoms with Crippen LogP contribution in [0.5, 0.6) is 0 Å². The lowest BCUT2D eigenvalue weighted by molar-refractivity contribution is 0.602. The van der Waals surface area contributed by atoms with Gasteiger partial charge < -0.3 is 0 Å². The molecule has 7 nitrogen and oxygen atoms in total. The summed E-state index contributed by atoms with van der Waals surface area (Å²) in [5.41, 5.74) is 1.24. The lowest BCUT2D eigenvalue weighted by atomic mass is 10.4. The van der Waals surface area contributed by atoms with Crippen molar-refractivity contribution in [3.05, 3.63) is 22.1 Å². The smallest absolute Gasteiger partial charge is 0.245 e. The Hall–Kier alpha value is -1.32. The van der Waals surface area contributed by atoms with E-state index in [9.17, 15) is 8.42 Å². The van der Waals surface area contributed by atoms with Crippen LogP contribution in [0.3, 0.4) is 0 Å². The molecule has 0 saturated carbocycles. The average molecular weight is 306 g/mol. The molecule has 2 aromatic heterocycles. The number of hydrogen-bond donors (Lipinski definition) is 1. The molecular formula is C8H8ClN5O2S2. The minimum atomic E-state index is -3.77. The number of hydrogen-bond acceptors (Lipinski definition) is 7. The summed E-state index contributed by atoms with van der Waals surface area (Å²) in [6, 6.07) is 0. The van der Waals surface area contributed by atoms with Crippen molar-refractivity contribution in [2.45, 2.75) is 18.1 Å². The molecule has 0 aliphatic rings. The lowest BCUT2D eigenvalue weighted by Gasteiger charge is -2.04. The molecule has 0 aromatic carbocycles. The molecule has 0 unspecified atom stereocenters. The van der Waals surface area contributed by atoms with Gasteiger partial charge in [0.2, 0.25) is 0 Å². The van der Waals surface area contributed by atoms with E-state index in [2.05, 4.69) is 24.9 Å². The number of nitrogens with zero attached hydrogens (tertiary/aromatic N) is 4. The van der Waals surface area contributed by atoms with Gasteiger partial charge in [-0.1, -0.05) is 22.9 Å². The molecule has 0 spiro atoms. The van der Waals surface area contributed by atoms with Crippen LogP contribution >= 0.6 is 22.9 Å². The van der Waals surface area contributed by atoms with Crippen LogP contribution in [0.25, 0.3) is 0 Å². The number of thiazole rings is 1. The molecule has 0 atom stereocenters. The molecule has 0 bridgehead atoms. The molecule has 2 aromatic rings. The van der Waals surface area contributed by atoms with E-state index in [-0.39, 0.29) is 14.6 Å². The minimum Gasteiger partial charge on any atom is -0.245 e. The Morgan fingerprint density at radius 2 is 2.00 bits per heavy atom. The maximum Gasteiger partial charge on any atom is 0.275 e.